The Labute approximate surface area is 156 Å². The van der Waals surface area contributed by atoms with Crippen LogP contribution in [-0.2, 0) is 15.6 Å². The molecule has 2 atom stereocenters. The van der Waals surface area contributed by atoms with Crippen molar-refractivity contribution in [3.63, 3.8) is 0 Å². The van der Waals surface area contributed by atoms with Gasteiger partial charge in [0.1, 0.15) is 5.75 Å². The Morgan fingerprint density at radius 2 is 1.50 bits per heavy atom. The molecule has 0 bridgehead atoms. The summed E-state index contributed by atoms with van der Waals surface area (Å²) >= 11 is 0. The molecule has 3 N–H and O–H groups in total. The van der Waals surface area contributed by atoms with Gasteiger partial charge in [-0.2, -0.15) is 0 Å². The first-order chi connectivity index (χ1) is 11.7. The van der Waals surface area contributed by atoms with Crippen LogP contribution in [0, 0.1) is 11.8 Å². The zero-order valence-corrected chi connectivity index (χ0v) is 17.0. The predicted molar refractivity (Wildman–Crippen MR) is 103 cm³/mol. The number of amides is 2. The molecule has 0 radical (unpaired) electrons. The summed E-state index contributed by atoms with van der Waals surface area (Å²) in [5.41, 5.74) is 6.93. The van der Waals surface area contributed by atoms with Gasteiger partial charge in [-0.15, -0.1) is 0 Å². The van der Waals surface area contributed by atoms with Crippen molar-refractivity contribution in [1.82, 2.24) is 4.90 Å². The van der Waals surface area contributed by atoms with Crippen LogP contribution >= 0.6 is 0 Å². The molecule has 0 unspecified atom stereocenters. The molecule has 0 saturated carbocycles. The largest absolute Gasteiger partial charge is 0.507 e. The van der Waals surface area contributed by atoms with Gasteiger partial charge in [-0.25, -0.2) is 0 Å². The second-order valence-corrected chi connectivity index (χ2v) is 9.62. The molecule has 0 aliphatic carbocycles. The highest BCUT2D eigenvalue weighted by Crippen LogP contribution is 2.40. The molecule has 1 aromatic carbocycles. The van der Waals surface area contributed by atoms with Gasteiger partial charge in [0.05, 0.1) is 5.92 Å². The van der Waals surface area contributed by atoms with E-state index in [9.17, 15) is 14.7 Å². The number of hydrogen-bond acceptors (Lipinski definition) is 3. The summed E-state index contributed by atoms with van der Waals surface area (Å²) in [6.45, 7) is 14.9. The molecule has 0 spiro atoms. The van der Waals surface area contributed by atoms with Gasteiger partial charge in [-0.05, 0) is 28.9 Å². The normalized spacial score (nSPS) is 21.1. The van der Waals surface area contributed by atoms with Crippen molar-refractivity contribution < 1.29 is 14.7 Å². The van der Waals surface area contributed by atoms with E-state index in [1.807, 2.05) is 48.5 Å². The third kappa shape index (κ3) is 3.87. The van der Waals surface area contributed by atoms with Gasteiger partial charge in [0.15, 0.2) is 0 Å². The predicted octanol–water partition coefficient (Wildman–Crippen LogP) is 3.18. The number of primary amides is 1. The first kappa shape index (κ1) is 20.3. The monoisotopic (exact) mass is 360 g/mol. The maximum absolute atomic E-state index is 13.1. The van der Waals surface area contributed by atoms with Gasteiger partial charge in [-0.1, -0.05) is 48.5 Å². The lowest BCUT2D eigenvalue weighted by Crippen LogP contribution is -2.32. The zero-order valence-electron chi connectivity index (χ0n) is 17.0. The first-order valence-electron chi connectivity index (χ1n) is 9.20. The van der Waals surface area contributed by atoms with E-state index in [1.165, 1.54) is 0 Å². The fraction of sp³-hybridized carbons (Fsp3) is 0.619. The molecule has 1 saturated heterocycles. The van der Waals surface area contributed by atoms with Crippen LogP contribution in [0.3, 0.4) is 0 Å². The fourth-order valence-electron chi connectivity index (χ4n) is 3.59. The highest BCUT2D eigenvalue weighted by molar-refractivity contribution is 5.96. The summed E-state index contributed by atoms with van der Waals surface area (Å²) in [6.07, 6.45) is 0. The number of benzene rings is 1. The lowest BCUT2D eigenvalue weighted by molar-refractivity contribution is -0.122. The molecule has 1 fully saturated rings. The van der Waals surface area contributed by atoms with Crippen LogP contribution in [-0.4, -0.2) is 34.9 Å². The summed E-state index contributed by atoms with van der Waals surface area (Å²) in [5, 5.41) is 10.8. The van der Waals surface area contributed by atoms with E-state index in [1.54, 1.807) is 17.0 Å². The quantitative estimate of drug-likeness (QED) is 0.849. The van der Waals surface area contributed by atoms with Crippen LogP contribution in [0.15, 0.2) is 12.1 Å². The summed E-state index contributed by atoms with van der Waals surface area (Å²) < 4.78 is 0. The number of nitrogens with two attached hydrogens (primary N) is 1. The molecule has 2 amide bonds. The maximum atomic E-state index is 13.1. The molecule has 0 aromatic heterocycles. The van der Waals surface area contributed by atoms with Crippen LogP contribution in [0.5, 0.6) is 5.75 Å². The molecular formula is C21H32N2O3. The van der Waals surface area contributed by atoms with E-state index in [-0.39, 0.29) is 40.2 Å². The average molecular weight is 360 g/mol. The number of rotatable bonds is 2. The third-order valence-electron chi connectivity index (χ3n) is 5.24. The van der Waals surface area contributed by atoms with Crippen molar-refractivity contribution in [3.05, 3.63) is 28.8 Å². The summed E-state index contributed by atoms with van der Waals surface area (Å²) in [5.74, 6) is -0.467. The van der Waals surface area contributed by atoms with Crippen molar-refractivity contribution in [2.75, 3.05) is 13.1 Å². The second kappa shape index (κ2) is 6.60. The van der Waals surface area contributed by atoms with Gasteiger partial charge in [0.2, 0.25) is 5.91 Å². The molecule has 26 heavy (non-hydrogen) atoms. The number of phenolic OH excluding ortho intramolecular Hbond substituents is 1. The van der Waals surface area contributed by atoms with Crippen molar-refractivity contribution in [1.29, 1.82) is 0 Å². The Morgan fingerprint density at radius 1 is 1.04 bits per heavy atom. The minimum atomic E-state index is -0.357. The van der Waals surface area contributed by atoms with Crippen LogP contribution in [0.1, 0.15) is 70.0 Å². The van der Waals surface area contributed by atoms with Crippen LogP contribution in [0.25, 0.3) is 0 Å². The van der Waals surface area contributed by atoms with Gasteiger partial charge in [0.25, 0.3) is 5.91 Å². The molecule has 5 heteroatoms. The van der Waals surface area contributed by atoms with Crippen molar-refractivity contribution in [3.8, 4) is 5.75 Å². The molecule has 1 aliphatic rings. The number of phenols is 1. The molecule has 1 aromatic rings. The number of nitrogens with zero attached hydrogens (tertiary/aromatic N) is 1. The van der Waals surface area contributed by atoms with Gasteiger partial charge < -0.3 is 15.7 Å². The average Bonchev–Trinajstić information content (AvgIpc) is 2.86. The van der Waals surface area contributed by atoms with E-state index in [0.29, 0.717) is 18.7 Å². The smallest absolute Gasteiger partial charge is 0.253 e. The number of aromatic hydroxyl groups is 1. The van der Waals surface area contributed by atoms with Crippen LogP contribution in [0.4, 0.5) is 0 Å². The maximum Gasteiger partial charge on any atom is 0.253 e. The third-order valence-corrected chi connectivity index (χ3v) is 5.24. The van der Waals surface area contributed by atoms with Crippen molar-refractivity contribution >= 4 is 11.8 Å². The molecule has 144 valence electrons. The Kier molecular flexibility index (Phi) is 5.15. The summed E-state index contributed by atoms with van der Waals surface area (Å²) in [7, 11) is 0. The Balaban J connectivity index is 2.50. The summed E-state index contributed by atoms with van der Waals surface area (Å²) in [4.78, 5) is 26.4. The molecule has 1 aliphatic heterocycles. The van der Waals surface area contributed by atoms with E-state index in [4.69, 9.17) is 5.73 Å². The minimum Gasteiger partial charge on any atom is -0.507 e. The SMILES string of the molecule is C[C@@H]1CN(C(=O)c2cc(C(C)(C)C)c(O)c(C(C)(C)C)c2)C[C@H]1C(N)=O. The minimum absolute atomic E-state index is 0.0535. The highest BCUT2D eigenvalue weighted by Gasteiger charge is 2.37. The highest BCUT2D eigenvalue weighted by atomic mass is 16.3. The second-order valence-electron chi connectivity index (χ2n) is 9.62. The number of likely N-dealkylation sites (tertiary alicyclic amines) is 1. The Morgan fingerprint density at radius 3 is 1.85 bits per heavy atom. The van der Waals surface area contributed by atoms with Crippen LogP contribution in [0.2, 0.25) is 0 Å². The van der Waals surface area contributed by atoms with Crippen LogP contribution < -0.4 is 5.73 Å². The topological polar surface area (TPSA) is 83.6 Å². The van der Waals surface area contributed by atoms with Gasteiger partial charge in [0, 0.05) is 29.8 Å². The summed E-state index contributed by atoms with van der Waals surface area (Å²) in [6, 6.07) is 3.57. The molecular weight excluding hydrogens is 328 g/mol. The Bertz CT molecular complexity index is 691. The standard InChI is InChI=1S/C21H32N2O3/c1-12-10-23(11-14(12)18(22)25)19(26)13-8-15(20(2,3)4)17(24)16(9-13)21(5,6)7/h8-9,12,14,24H,10-11H2,1-7H3,(H2,22,25)/t12-,14-/m1/s1. The number of hydrogen-bond donors (Lipinski definition) is 2. The molecule has 2 rings (SSSR count). The fourth-order valence-corrected chi connectivity index (χ4v) is 3.59. The van der Waals surface area contributed by atoms with Gasteiger partial charge >= 0.3 is 0 Å². The number of carbonyl (C=O) groups is 2. The lowest BCUT2D eigenvalue weighted by Gasteiger charge is -2.28. The lowest BCUT2D eigenvalue weighted by atomic mass is 9.78. The molecule has 1 heterocycles. The number of carbonyl (C=O) groups excluding carboxylic acids is 2. The first-order valence-corrected chi connectivity index (χ1v) is 9.20. The van der Waals surface area contributed by atoms with E-state index < -0.39 is 0 Å². The van der Waals surface area contributed by atoms with Crippen molar-refractivity contribution in [2.45, 2.75) is 59.3 Å². The van der Waals surface area contributed by atoms with Crippen molar-refractivity contribution in [2.24, 2.45) is 17.6 Å². The van der Waals surface area contributed by atoms with E-state index in [2.05, 4.69) is 0 Å². The van der Waals surface area contributed by atoms with E-state index in [0.717, 1.165) is 11.1 Å². The Hall–Kier alpha value is -2.04. The van der Waals surface area contributed by atoms with Gasteiger partial charge in [-0.3, -0.25) is 9.59 Å². The zero-order chi connectivity index (χ0) is 20.0. The molecule has 5 nitrogen and oxygen atoms in total. The van der Waals surface area contributed by atoms with E-state index >= 15 is 0 Å².